The fraction of sp³-hybridized carbons (Fsp3) is 0.588. The molecule has 0 bridgehead atoms. The summed E-state index contributed by atoms with van der Waals surface area (Å²) in [6.45, 7) is 6.88. The minimum Gasteiger partial charge on any atom is -0.332 e. The summed E-state index contributed by atoms with van der Waals surface area (Å²) in [7, 11) is 0. The Morgan fingerprint density at radius 3 is 2.76 bits per heavy atom. The third-order valence-corrected chi connectivity index (χ3v) is 5.06. The summed E-state index contributed by atoms with van der Waals surface area (Å²) < 4.78 is 0. The van der Waals surface area contributed by atoms with Gasteiger partial charge in [0, 0.05) is 19.6 Å². The number of aryl methyl sites for hydroxylation is 1. The molecule has 1 amide bonds. The van der Waals surface area contributed by atoms with Gasteiger partial charge in [0.25, 0.3) is 0 Å². The van der Waals surface area contributed by atoms with Gasteiger partial charge in [-0.05, 0) is 29.7 Å². The quantitative estimate of drug-likeness (QED) is 0.820. The first-order chi connectivity index (χ1) is 10.3. The zero-order valence-electron chi connectivity index (χ0n) is 13.1. The van der Waals surface area contributed by atoms with Gasteiger partial charge in [-0.15, -0.1) is 0 Å². The molecule has 1 aliphatic heterocycles. The number of benzene rings is 1. The number of nitrogens with zero attached hydrogens (tertiary/aromatic N) is 1. The van der Waals surface area contributed by atoms with Gasteiger partial charge < -0.3 is 10.2 Å². The van der Waals surface area contributed by atoms with Gasteiger partial charge in [-0.25, -0.2) is 0 Å². The van der Waals surface area contributed by atoms with E-state index in [2.05, 4.69) is 48.3 Å². The van der Waals surface area contributed by atoms with Crippen molar-refractivity contribution in [2.24, 2.45) is 0 Å². The number of thioether (sulfide) groups is 1. The maximum absolute atomic E-state index is 12.5. The highest BCUT2D eigenvalue weighted by Gasteiger charge is 2.27. The topological polar surface area (TPSA) is 32.3 Å². The zero-order chi connectivity index (χ0) is 15.1. The average Bonchev–Trinajstić information content (AvgIpc) is 2.55. The van der Waals surface area contributed by atoms with Crippen LogP contribution in [0.4, 0.5) is 0 Å². The van der Waals surface area contributed by atoms with Crippen LogP contribution in [0.15, 0.2) is 24.3 Å². The predicted octanol–water partition coefficient (Wildman–Crippen LogP) is 2.87. The number of rotatable bonds is 6. The molecule has 1 saturated heterocycles. The van der Waals surface area contributed by atoms with Gasteiger partial charge in [0.05, 0.1) is 11.8 Å². The molecule has 1 N–H and O–H groups in total. The molecule has 21 heavy (non-hydrogen) atoms. The van der Waals surface area contributed by atoms with Crippen LogP contribution in [-0.4, -0.2) is 41.9 Å². The van der Waals surface area contributed by atoms with Crippen molar-refractivity contribution in [2.45, 2.75) is 32.7 Å². The minimum absolute atomic E-state index is 0.180. The van der Waals surface area contributed by atoms with Crippen molar-refractivity contribution in [3.05, 3.63) is 35.4 Å². The molecule has 4 heteroatoms. The Balaban J connectivity index is 2.05. The lowest BCUT2D eigenvalue weighted by Crippen LogP contribution is -2.49. The highest BCUT2D eigenvalue weighted by Crippen LogP contribution is 2.23. The zero-order valence-corrected chi connectivity index (χ0v) is 13.9. The van der Waals surface area contributed by atoms with Crippen LogP contribution in [0.5, 0.6) is 0 Å². The van der Waals surface area contributed by atoms with Crippen LogP contribution in [0, 0.1) is 0 Å². The van der Waals surface area contributed by atoms with E-state index < -0.39 is 0 Å². The van der Waals surface area contributed by atoms with Crippen LogP contribution in [0.1, 0.15) is 37.4 Å². The van der Waals surface area contributed by atoms with Crippen LogP contribution < -0.4 is 5.32 Å². The van der Waals surface area contributed by atoms with Crippen LogP contribution in [0.3, 0.4) is 0 Å². The molecule has 0 radical (unpaired) electrons. The number of carbonyl (C=O) groups excluding carboxylic acids is 1. The van der Waals surface area contributed by atoms with E-state index in [4.69, 9.17) is 0 Å². The number of piperazine rings is 1. The van der Waals surface area contributed by atoms with Crippen molar-refractivity contribution in [1.82, 2.24) is 10.2 Å². The molecule has 1 aromatic rings. The Hall–Kier alpha value is -1.00. The Morgan fingerprint density at radius 1 is 1.33 bits per heavy atom. The third kappa shape index (κ3) is 4.48. The lowest BCUT2D eigenvalue weighted by molar-refractivity contribution is -0.131. The summed E-state index contributed by atoms with van der Waals surface area (Å²) in [6.07, 6.45) is 2.18. The molecule has 1 unspecified atom stereocenters. The second kappa shape index (κ2) is 8.44. The number of hydrogen-bond donors (Lipinski definition) is 1. The van der Waals surface area contributed by atoms with Crippen molar-refractivity contribution in [1.29, 1.82) is 0 Å². The molecular weight excluding hydrogens is 280 g/mol. The molecule has 1 aliphatic rings. The summed E-state index contributed by atoms with van der Waals surface area (Å²) in [5.74, 6) is 1.95. The van der Waals surface area contributed by atoms with E-state index in [-0.39, 0.29) is 11.9 Å². The molecule has 1 fully saturated rings. The van der Waals surface area contributed by atoms with Crippen LogP contribution >= 0.6 is 11.8 Å². The number of hydrogen-bond acceptors (Lipinski definition) is 3. The van der Waals surface area contributed by atoms with Crippen molar-refractivity contribution >= 4 is 17.7 Å². The fourth-order valence-corrected chi connectivity index (χ4v) is 3.44. The van der Waals surface area contributed by atoms with E-state index >= 15 is 0 Å². The number of nitrogens with one attached hydrogen (secondary N) is 1. The van der Waals surface area contributed by atoms with Crippen LogP contribution in [0.25, 0.3) is 0 Å². The molecule has 1 heterocycles. The van der Waals surface area contributed by atoms with Crippen molar-refractivity contribution in [2.75, 3.05) is 31.1 Å². The van der Waals surface area contributed by atoms with Gasteiger partial charge in [0.15, 0.2) is 0 Å². The first-order valence-corrected chi connectivity index (χ1v) is 9.08. The largest absolute Gasteiger partial charge is 0.332 e. The van der Waals surface area contributed by atoms with Crippen LogP contribution in [0.2, 0.25) is 0 Å². The maximum Gasteiger partial charge on any atom is 0.233 e. The Kier molecular flexibility index (Phi) is 6.58. The minimum atomic E-state index is 0.180. The second-order valence-electron chi connectivity index (χ2n) is 5.45. The molecule has 3 nitrogen and oxygen atoms in total. The smallest absolute Gasteiger partial charge is 0.233 e. The van der Waals surface area contributed by atoms with Gasteiger partial charge in [0.2, 0.25) is 5.91 Å². The van der Waals surface area contributed by atoms with Gasteiger partial charge in [-0.3, -0.25) is 4.79 Å². The molecule has 1 atom stereocenters. The molecule has 2 rings (SSSR count). The standard InChI is InChI=1S/C17H26N2OS/c1-3-11-21-13-17(20)19-10-9-18-12-16(19)15-7-5-14(4-2)6-8-15/h5-8,16,18H,3-4,9-13H2,1-2H3. The number of carbonyl (C=O) groups is 1. The number of amides is 1. The van der Waals surface area contributed by atoms with E-state index in [1.807, 2.05) is 0 Å². The van der Waals surface area contributed by atoms with E-state index in [0.717, 1.165) is 38.2 Å². The summed E-state index contributed by atoms with van der Waals surface area (Å²) >= 11 is 1.75. The normalized spacial score (nSPS) is 18.8. The monoisotopic (exact) mass is 306 g/mol. The highest BCUT2D eigenvalue weighted by molar-refractivity contribution is 7.99. The van der Waals surface area contributed by atoms with E-state index in [1.54, 1.807) is 11.8 Å². The fourth-order valence-electron chi connectivity index (χ4n) is 2.66. The van der Waals surface area contributed by atoms with E-state index in [0.29, 0.717) is 5.75 Å². The van der Waals surface area contributed by atoms with Crippen molar-refractivity contribution in [3.8, 4) is 0 Å². The summed E-state index contributed by atoms with van der Waals surface area (Å²) in [6, 6.07) is 8.89. The van der Waals surface area contributed by atoms with Gasteiger partial charge >= 0.3 is 0 Å². The molecular formula is C17H26N2OS. The summed E-state index contributed by atoms with van der Waals surface area (Å²) in [5.41, 5.74) is 2.59. The molecule has 0 spiro atoms. The summed E-state index contributed by atoms with van der Waals surface area (Å²) in [4.78, 5) is 14.5. The molecule has 0 aliphatic carbocycles. The van der Waals surface area contributed by atoms with E-state index in [9.17, 15) is 4.79 Å². The first-order valence-electron chi connectivity index (χ1n) is 7.93. The highest BCUT2D eigenvalue weighted by atomic mass is 32.2. The van der Waals surface area contributed by atoms with Crippen LogP contribution in [-0.2, 0) is 11.2 Å². The van der Waals surface area contributed by atoms with Crippen molar-refractivity contribution in [3.63, 3.8) is 0 Å². The lowest BCUT2D eigenvalue weighted by atomic mass is 10.0. The van der Waals surface area contributed by atoms with Gasteiger partial charge in [-0.1, -0.05) is 38.1 Å². The molecule has 116 valence electrons. The Morgan fingerprint density at radius 2 is 2.10 bits per heavy atom. The van der Waals surface area contributed by atoms with Crippen molar-refractivity contribution < 1.29 is 4.79 Å². The predicted molar refractivity (Wildman–Crippen MR) is 90.8 cm³/mol. The average molecular weight is 306 g/mol. The summed E-state index contributed by atoms with van der Waals surface area (Å²) in [5, 5.41) is 3.41. The lowest BCUT2D eigenvalue weighted by Gasteiger charge is -2.36. The van der Waals surface area contributed by atoms with Gasteiger partial charge in [-0.2, -0.15) is 11.8 Å². The second-order valence-corrected chi connectivity index (χ2v) is 6.56. The molecule has 0 saturated carbocycles. The Labute approximate surface area is 132 Å². The van der Waals surface area contributed by atoms with E-state index in [1.165, 1.54) is 11.1 Å². The van der Waals surface area contributed by atoms with Gasteiger partial charge in [0.1, 0.15) is 0 Å². The maximum atomic E-state index is 12.5. The third-order valence-electron chi connectivity index (χ3n) is 3.91. The Bertz CT molecular complexity index is 447. The SMILES string of the molecule is CCCSCC(=O)N1CCNCC1c1ccc(CC)cc1. The molecule has 0 aromatic heterocycles. The molecule has 1 aromatic carbocycles. The first kappa shape index (κ1) is 16.4.